The highest BCUT2D eigenvalue weighted by molar-refractivity contribution is 7.99. The van der Waals surface area contributed by atoms with Gasteiger partial charge >= 0.3 is 0 Å². The first-order valence-corrected chi connectivity index (χ1v) is 10.5. The number of piperidine rings is 1. The Kier molecular flexibility index (Phi) is 5.33. The Hall–Kier alpha value is -2.09. The van der Waals surface area contributed by atoms with Crippen molar-refractivity contribution in [2.45, 2.75) is 49.7 Å². The molecule has 2 fully saturated rings. The number of nitrogen functional groups attached to an aromatic ring is 1. The van der Waals surface area contributed by atoms with Gasteiger partial charge in [-0.05, 0) is 55.9 Å². The summed E-state index contributed by atoms with van der Waals surface area (Å²) in [5, 5.41) is 8.68. The molecule has 1 saturated heterocycles. The average Bonchev–Trinajstić information content (AvgIpc) is 3.07. The Morgan fingerprint density at radius 3 is 2.70 bits per heavy atom. The summed E-state index contributed by atoms with van der Waals surface area (Å²) in [5.41, 5.74) is 0.686. The molecule has 1 aliphatic carbocycles. The summed E-state index contributed by atoms with van der Waals surface area (Å²) in [5.74, 6) is 7.37. The third-order valence-electron chi connectivity index (χ3n) is 5.66. The number of benzene rings is 1. The lowest BCUT2D eigenvalue weighted by molar-refractivity contribution is -0.134. The van der Waals surface area contributed by atoms with Gasteiger partial charge in [0.15, 0.2) is 5.82 Å². The van der Waals surface area contributed by atoms with Crippen LogP contribution in [0.4, 0.5) is 4.39 Å². The van der Waals surface area contributed by atoms with Crippen molar-refractivity contribution in [2.75, 3.05) is 18.1 Å². The first-order valence-electron chi connectivity index (χ1n) is 9.52. The molecular weight excluding hydrogens is 365 g/mol. The zero-order valence-corrected chi connectivity index (χ0v) is 16.0. The summed E-state index contributed by atoms with van der Waals surface area (Å²) >= 11 is 1.31. The number of carbonyl (C=O) groups excluding carboxylic acids is 1. The Bertz CT molecular complexity index is 807. The van der Waals surface area contributed by atoms with Crippen molar-refractivity contribution in [1.82, 2.24) is 19.8 Å². The quantitative estimate of drug-likeness (QED) is 0.642. The van der Waals surface area contributed by atoms with E-state index >= 15 is 0 Å². The van der Waals surface area contributed by atoms with E-state index in [2.05, 4.69) is 15.1 Å². The topological polar surface area (TPSA) is 77.0 Å². The molecule has 4 rings (SSSR count). The summed E-state index contributed by atoms with van der Waals surface area (Å²) in [6.45, 7) is 0.858. The molecule has 0 unspecified atom stereocenters. The number of amides is 1. The normalized spacial score (nSPS) is 22.5. The molecule has 1 aliphatic heterocycles. The first kappa shape index (κ1) is 18.3. The van der Waals surface area contributed by atoms with Crippen LogP contribution in [0.3, 0.4) is 0 Å². The fraction of sp³-hybridized carbons (Fsp3) is 0.526. The third-order valence-corrected chi connectivity index (χ3v) is 6.58. The van der Waals surface area contributed by atoms with Crippen molar-refractivity contribution in [3.05, 3.63) is 30.1 Å². The molecule has 1 saturated carbocycles. The molecule has 27 heavy (non-hydrogen) atoms. The Morgan fingerprint density at radius 1 is 1.15 bits per heavy atom. The van der Waals surface area contributed by atoms with Crippen LogP contribution in [-0.4, -0.2) is 44.0 Å². The molecule has 1 aromatic carbocycles. The number of nitrogens with two attached hydrogens (primary N) is 1. The number of nitrogens with zero attached hydrogens (tertiary/aromatic N) is 4. The number of thioether (sulfide) groups is 1. The highest BCUT2D eigenvalue weighted by atomic mass is 32.2. The van der Waals surface area contributed by atoms with Crippen LogP contribution in [0.2, 0.25) is 0 Å². The van der Waals surface area contributed by atoms with E-state index in [4.69, 9.17) is 5.84 Å². The second-order valence-corrected chi connectivity index (χ2v) is 8.26. The number of fused-ring (bicyclic) bond motifs is 1. The van der Waals surface area contributed by atoms with Crippen molar-refractivity contribution < 1.29 is 9.18 Å². The van der Waals surface area contributed by atoms with E-state index in [1.807, 2.05) is 0 Å². The van der Waals surface area contributed by atoms with Gasteiger partial charge in [0.05, 0.1) is 5.75 Å². The second-order valence-electron chi connectivity index (χ2n) is 7.31. The zero-order valence-electron chi connectivity index (χ0n) is 15.2. The lowest BCUT2D eigenvalue weighted by Gasteiger charge is -2.44. The second kappa shape index (κ2) is 7.88. The van der Waals surface area contributed by atoms with Gasteiger partial charge in [-0.25, -0.2) is 9.07 Å². The van der Waals surface area contributed by atoms with Crippen LogP contribution >= 0.6 is 11.8 Å². The van der Waals surface area contributed by atoms with Gasteiger partial charge in [-0.1, -0.05) is 24.6 Å². The molecule has 144 valence electrons. The van der Waals surface area contributed by atoms with E-state index in [0.29, 0.717) is 34.3 Å². The SMILES string of the molecule is Nn1c(SCC(=O)N2CCC[C@@H]3CCCC[C@H]32)nnc1-c1ccc(F)cc1. The molecule has 1 aromatic heterocycles. The van der Waals surface area contributed by atoms with Crippen LogP contribution in [0.15, 0.2) is 29.4 Å². The largest absolute Gasteiger partial charge is 0.339 e. The predicted octanol–water partition coefficient (Wildman–Crippen LogP) is 3.07. The van der Waals surface area contributed by atoms with E-state index in [1.165, 1.54) is 54.3 Å². The summed E-state index contributed by atoms with van der Waals surface area (Å²) in [7, 11) is 0. The molecule has 2 aliphatic rings. The number of halogens is 1. The summed E-state index contributed by atoms with van der Waals surface area (Å²) < 4.78 is 14.5. The molecule has 2 aromatic rings. The van der Waals surface area contributed by atoms with Crippen LogP contribution in [0.25, 0.3) is 11.4 Å². The Morgan fingerprint density at radius 2 is 1.89 bits per heavy atom. The van der Waals surface area contributed by atoms with Crippen molar-refractivity contribution in [1.29, 1.82) is 0 Å². The highest BCUT2D eigenvalue weighted by Gasteiger charge is 2.35. The van der Waals surface area contributed by atoms with E-state index in [9.17, 15) is 9.18 Å². The summed E-state index contributed by atoms with van der Waals surface area (Å²) in [4.78, 5) is 14.9. The smallest absolute Gasteiger partial charge is 0.233 e. The van der Waals surface area contributed by atoms with E-state index in [1.54, 1.807) is 12.1 Å². The van der Waals surface area contributed by atoms with Crippen molar-refractivity contribution in [3.8, 4) is 11.4 Å². The maximum Gasteiger partial charge on any atom is 0.233 e. The van der Waals surface area contributed by atoms with Gasteiger partial charge in [-0.15, -0.1) is 10.2 Å². The van der Waals surface area contributed by atoms with Crippen LogP contribution in [-0.2, 0) is 4.79 Å². The number of likely N-dealkylation sites (tertiary alicyclic amines) is 1. The molecule has 0 bridgehead atoms. The minimum absolute atomic E-state index is 0.155. The van der Waals surface area contributed by atoms with Crippen molar-refractivity contribution >= 4 is 17.7 Å². The number of hydrogen-bond donors (Lipinski definition) is 1. The Labute approximate surface area is 162 Å². The minimum atomic E-state index is -0.315. The van der Waals surface area contributed by atoms with Gasteiger partial charge in [0.1, 0.15) is 5.82 Å². The molecule has 6 nitrogen and oxygen atoms in total. The predicted molar refractivity (Wildman–Crippen MR) is 103 cm³/mol. The van der Waals surface area contributed by atoms with Crippen molar-refractivity contribution in [2.24, 2.45) is 5.92 Å². The average molecular weight is 390 g/mol. The Balaban J connectivity index is 1.41. The van der Waals surface area contributed by atoms with E-state index < -0.39 is 0 Å². The van der Waals surface area contributed by atoms with Crippen LogP contribution in [0.1, 0.15) is 38.5 Å². The van der Waals surface area contributed by atoms with Gasteiger partial charge in [0.2, 0.25) is 11.1 Å². The summed E-state index contributed by atoms with van der Waals surface area (Å²) in [6, 6.07) is 6.35. The van der Waals surface area contributed by atoms with Crippen LogP contribution < -0.4 is 5.84 Å². The van der Waals surface area contributed by atoms with E-state index in [0.717, 1.165) is 19.4 Å². The van der Waals surface area contributed by atoms with Crippen LogP contribution in [0, 0.1) is 11.7 Å². The molecule has 2 N–H and O–H groups in total. The molecule has 0 spiro atoms. The standard InChI is InChI=1S/C19H24FN5OS/c20-15-9-7-14(8-10-15)18-22-23-19(25(18)21)27-12-17(26)24-11-3-5-13-4-1-2-6-16(13)24/h7-10,13,16H,1-6,11-12,21H2/t13-,16+/m0/s1. The molecule has 1 amide bonds. The highest BCUT2D eigenvalue weighted by Crippen LogP contribution is 2.35. The lowest BCUT2D eigenvalue weighted by Crippen LogP contribution is -2.50. The number of carbonyl (C=O) groups is 1. The number of hydrogen-bond acceptors (Lipinski definition) is 5. The molecule has 0 radical (unpaired) electrons. The minimum Gasteiger partial charge on any atom is -0.339 e. The molecule has 2 atom stereocenters. The van der Waals surface area contributed by atoms with Gasteiger partial charge in [0.25, 0.3) is 0 Å². The van der Waals surface area contributed by atoms with Crippen LogP contribution in [0.5, 0.6) is 0 Å². The van der Waals surface area contributed by atoms with Gasteiger partial charge in [-0.2, -0.15) is 0 Å². The maximum absolute atomic E-state index is 13.1. The van der Waals surface area contributed by atoms with Gasteiger partial charge < -0.3 is 10.7 Å². The van der Waals surface area contributed by atoms with Gasteiger partial charge in [-0.3, -0.25) is 4.79 Å². The van der Waals surface area contributed by atoms with Crippen molar-refractivity contribution in [3.63, 3.8) is 0 Å². The fourth-order valence-corrected chi connectivity index (χ4v) is 5.06. The fourth-order valence-electron chi connectivity index (χ4n) is 4.31. The maximum atomic E-state index is 13.1. The first-order chi connectivity index (χ1) is 13.1. The van der Waals surface area contributed by atoms with Gasteiger partial charge in [0, 0.05) is 18.2 Å². The third kappa shape index (κ3) is 3.81. The zero-order chi connectivity index (χ0) is 18.8. The number of aromatic nitrogens is 3. The molecule has 2 heterocycles. The molecule has 8 heteroatoms. The van der Waals surface area contributed by atoms with E-state index in [-0.39, 0.29) is 11.7 Å². The summed E-state index contributed by atoms with van der Waals surface area (Å²) in [6.07, 6.45) is 7.23. The molecular formula is C19H24FN5OS. The number of rotatable bonds is 4. The monoisotopic (exact) mass is 389 g/mol. The lowest BCUT2D eigenvalue weighted by atomic mass is 9.78.